The first-order valence-electron chi connectivity index (χ1n) is 6.90. The van der Waals surface area contributed by atoms with E-state index in [4.69, 9.17) is 11.0 Å². The Morgan fingerprint density at radius 2 is 2.32 bits per heavy atom. The van der Waals surface area contributed by atoms with E-state index in [1.54, 1.807) is 12.1 Å². The lowest BCUT2D eigenvalue weighted by molar-refractivity contribution is 0.262. The molecule has 1 aromatic rings. The molecular formula is C15H14BrF2N3S. The maximum atomic E-state index is 14.3. The molecule has 2 aliphatic rings. The van der Waals surface area contributed by atoms with Crippen LogP contribution in [-0.4, -0.2) is 16.6 Å². The number of nitrogens with two attached hydrogens (primary N) is 1. The topological polar surface area (TPSA) is 62.2 Å². The number of rotatable bonds is 4. The normalized spacial score (nSPS) is 32.8. The minimum Gasteiger partial charge on any atom is -0.378 e. The molecule has 0 radical (unpaired) electrons. The number of aliphatic imine (C=N–C) groups is 1. The van der Waals surface area contributed by atoms with Gasteiger partial charge in [0.25, 0.3) is 0 Å². The number of nitriles is 1. The standard InChI is InChI=1S/C15H14BrF2N3S/c16-9-2-3-11(18)10(6-9)15(8-17)12-7-14(12,4-1-5-19)22-13(20)21-15/h2-3,6,12H,1,4,7-8H2,(H2,20,21)/t12-,14?,15-/m1/s1. The van der Waals surface area contributed by atoms with E-state index in [1.165, 1.54) is 17.8 Å². The number of thioether (sulfide) groups is 1. The maximum Gasteiger partial charge on any atom is 0.155 e. The van der Waals surface area contributed by atoms with Crippen LogP contribution in [0, 0.1) is 23.1 Å². The Morgan fingerprint density at radius 1 is 1.55 bits per heavy atom. The summed E-state index contributed by atoms with van der Waals surface area (Å²) in [6.07, 6.45) is 1.69. The van der Waals surface area contributed by atoms with Crippen LogP contribution in [0.15, 0.2) is 27.7 Å². The molecule has 3 rings (SSSR count). The minimum absolute atomic E-state index is 0.139. The van der Waals surface area contributed by atoms with E-state index in [0.29, 0.717) is 23.7 Å². The smallest absolute Gasteiger partial charge is 0.155 e. The first kappa shape index (κ1) is 15.8. The molecule has 0 spiro atoms. The predicted octanol–water partition coefficient (Wildman–Crippen LogP) is 3.88. The largest absolute Gasteiger partial charge is 0.378 e. The van der Waals surface area contributed by atoms with Crippen LogP contribution < -0.4 is 5.73 Å². The lowest BCUT2D eigenvalue weighted by atomic mass is 9.84. The predicted molar refractivity (Wildman–Crippen MR) is 86.7 cm³/mol. The molecule has 2 N–H and O–H groups in total. The fourth-order valence-electron chi connectivity index (χ4n) is 3.38. The highest BCUT2D eigenvalue weighted by Crippen LogP contribution is 2.68. The molecule has 3 atom stereocenters. The van der Waals surface area contributed by atoms with Gasteiger partial charge in [0, 0.05) is 27.1 Å². The zero-order chi connectivity index (χ0) is 16.0. The highest BCUT2D eigenvalue weighted by molar-refractivity contribution is 9.10. The molecular weight excluding hydrogens is 372 g/mol. The third-order valence-corrected chi connectivity index (χ3v) is 6.33. The summed E-state index contributed by atoms with van der Waals surface area (Å²) in [5, 5.41) is 9.09. The van der Waals surface area contributed by atoms with E-state index in [2.05, 4.69) is 27.0 Å². The van der Waals surface area contributed by atoms with Gasteiger partial charge in [-0.05, 0) is 31.0 Å². The highest BCUT2D eigenvalue weighted by Gasteiger charge is 2.67. The third kappa shape index (κ3) is 2.33. The number of fused-ring (bicyclic) bond motifs is 1. The number of alkyl halides is 1. The van der Waals surface area contributed by atoms with Crippen molar-refractivity contribution in [2.24, 2.45) is 16.6 Å². The zero-order valence-corrected chi connectivity index (χ0v) is 14.1. The van der Waals surface area contributed by atoms with Crippen molar-refractivity contribution in [2.75, 3.05) is 6.67 Å². The zero-order valence-electron chi connectivity index (χ0n) is 11.7. The van der Waals surface area contributed by atoms with Crippen molar-refractivity contribution >= 4 is 32.9 Å². The van der Waals surface area contributed by atoms with Crippen LogP contribution >= 0.6 is 27.7 Å². The number of halogens is 3. The first-order chi connectivity index (χ1) is 10.5. The molecule has 1 unspecified atom stereocenters. The summed E-state index contributed by atoms with van der Waals surface area (Å²) in [7, 11) is 0. The molecule has 7 heteroatoms. The van der Waals surface area contributed by atoms with E-state index in [-0.39, 0.29) is 21.4 Å². The van der Waals surface area contributed by atoms with Crippen molar-refractivity contribution in [3.8, 4) is 6.07 Å². The van der Waals surface area contributed by atoms with E-state index >= 15 is 0 Å². The number of benzene rings is 1. The third-order valence-electron chi connectivity index (χ3n) is 4.48. The summed E-state index contributed by atoms with van der Waals surface area (Å²) in [6.45, 7) is -0.805. The minimum atomic E-state index is -1.28. The van der Waals surface area contributed by atoms with E-state index < -0.39 is 18.0 Å². The molecule has 1 saturated carbocycles. The lowest BCUT2D eigenvalue weighted by Crippen LogP contribution is -2.40. The summed E-state index contributed by atoms with van der Waals surface area (Å²) in [5.74, 6) is -0.621. The second-order valence-corrected chi connectivity index (χ2v) is 8.06. The van der Waals surface area contributed by atoms with Crippen molar-refractivity contribution in [2.45, 2.75) is 29.5 Å². The molecule has 3 nitrogen and oxygen atoms in total. The van der Waals surface area contributed by atoms with E-state index in [0.717, 1.165) is 0 Å². The molecule has 0 bridgehead atoms. The Kier molecular flexibility index (Phi) is 3.94. The van der Waals surface area contributed by atoms with Crippen molar-refractivity contribution in [1.29, 1.82) is 5.26 Å². The van der Waals surface area contributed by atoms with Gasteiger partial charge in [-0.15, -0.1) is 0 Å². The fourth-order valence-corrected chi connectivity index (χ4v) is 5.15. The van der Waals surface area contributed by atoms with Gasteiger partial charge in [0.1, 0.15) is 18.0 Å². The first-order valence-corrected chi connectivity index (χ1v) is 8.51. The Balaban J connectivity index is 2.08. The van der Waals surface area contributed by atoms with Crippen molar-refractivity contribution < 1.29 is 8.78 Å². The SMILES string of the molecule is N#CCCC12C[C@H]1[C@@](CF)(c1cc(Br)ccc1F)N=C(N)S2. The Hall–Kier alpha value is -1.13. The molecule has 0 aromatic heterocycles. The molecule has 1 aliphatic heterocycles. The van der Waals surface area contributed by atoms with Crippen LogP contribution in [0.25, 0.3) is 0 Å². The molecule has 22 heavy (non-hydrogen) atoms. The van der Waals surface area contributed by atoms with Crippen LogP contribution in [0.3, 0.4) is 0 Å². The Bertz CT molecular complexity index is 690. The van der Waals surface area contributed by atoms with Gasteiger partial charge in [0.05, 0.1) is 6.07 Å². The molecule has 116 valence electrons. The van der Waals surface area contributed by atoms with Gasteiger partial charge in [-0.3, -0.25) is 0 Å². The van der Waals surface area contributed by atoms with Crippen LogP contribution in [0.1, 0.15) is 24.8 Å². The molecule has 0 amide bonds. The lowest BCUT2D eigenvalue weighted by Gasteiger charge is -2.35. The van der Waals surface area contributed by atoms with Crippen molar-refractivity contribution in [3.63, 3.8) is 0 Å². The fraction of sp³-hybridized carbons (Fsp3) is 0.467. The Labute approximate surface area is 140 Å². The van der Waals surface area contributed by atoms with Gasteiger partial charge in [0.2, 0.25) is 0 Å². The van der Waals surface area contributed by atoms with Crippen molar-refractivity contribution in [1.82, 2.24) is 0 Å². The quantitative estimate of drug-likeness (QED) is 0.855. The Morgan fingerprint density at radius 3 is 3.00 bits per heavy atom. The second kappa shape index (κ2) is 5.50. The van der Waals surface area contributed by atoms with Gasteiger partial charge < -0.3 is 5.73 Å². The van der Waals surface area contributed by atoms with Gasteiger partial charge in [-0.2, -0.15) is 5.26 Å². The molecule has 1 aliphatic carbocycles. The summed E-state index contributed by atoms with van der Waals surface area (Å²) >= 11 is 4.70. The number of hydrogen-bond acceptors (Lipinski definition) is 4. The van der Waals surface area contributed by atoms with Crippen LogP contribution in [-0.2, 0) is 5.54 Å². The van der Waals surface area contributed by atoms with Gasteiger partial charge >= 0.3 is 0 Å². The summed E-state index contributed by atoms with van der Waals surface area (Å²) < 4.78 is 28.8. The van der Waals surface area contributed by atoms with E-state index in [9.17, 15) is 8.78 Å². The summed E-state index contributed by atoms with van der Waals surface area (Å²) in [5.41, 5.74) is 4.87. The highest BCUT2D eigenvalue weighted by atomic mass is 79.9. The average molecular weight is 386 g/mol. The monoisotopic (exact) mass is 385 g/mol. The van der Waals surface area contributed by atoms with Crippen molar-refractivity contribution in [3.05, 3.63) is 34.1 Å². The van der Waals surface area contributed by atoms with Gasteiger partial charge in [-0.25, -0.2) is 13.8 Å². The molecule has 1 aromatic carbocycles. The molecule has 1 heterocycles. The maximum absolute atomic E-state index is 14.3. The van der Waals surface area contributed by atoms with Crippen LogP contribution in [0.5, 0.6) is 0 Å². The summed E-state index contributed by atoms with van der Waals surface area (Å²) in [6, 6.07) is 6.58. The van der Waals surface area contributed by atoms with Crippen LogP contribution in [0.2, 0.25) is 0 Å². The number of nitrogens with zero attached hydrogens (tertiary/aromatic N) is 2. The van der Waals surface area contributed by atoms with Gasteiger partial charge in [0.15, 0.2) is 5.17 Å². The van der Waals surface area contributed by atoms with E-state index in [1.807, 2.05) is 0 Å². The van der Waals surface area contributed by atoms with Crippen LogP contribution in [0.4, 0.5) is 8.78 Å². The van der Waals surface area contributed by atoms with Gasteiger partial charge in [-0.1, -0.05) is 27.7 Å². The second-order valence-electron chi connectivity index (χ2n) is 5.71. The molecule has 1 fully saturated rings. The average Bonchev–Trinajstić information content (AvgIpc) is 3.21. The number of amidine groups is 1. The molecule has 0 saturated heterocycles. The number of hydrogen-bond donors (Lipinski definition) is 1. The summed E-state index contributed by atoms with van der Waals surface area (Å²) in [4.78, 5) is 4.32.